The van der Waals surface area contributed by atoms with Gasteiger partial charge in [-0.05, 0) is 6.42 Å². The molecule has 2 aromatic heterocycles. The van der Waals surface area contributed by atoms with Gasteiger partial charge in [0, 0.05) is 43.5 Å². The minimum atomic E-state index is -5.91. The Kier molecular flexibility index (Phi) is 24.7. The number of aliphatic hydroxyl groups is 2. The third-order valence-corrected chi connectivity index (χ3v) is 11.5. The fourth-order valence-electron chi connectivity index (χ4n) is 4.73. The summed E-state index contributed by atoms with van der Waals surface area (Å²) in [6.45, 7) is -0.0763. The summed E-state index contributed by atoms with van der Waals surface area (Å²) in [7, 11) is -17.4. The zero-order valence-electron chi connectivity index (χ0n) is 32.4. The Morgan fingerprint density at radius 3 is 2.29 bits per heavy atom. The molecule has 3 heterocycles. The SMILES string of the molecule is CC(C)(COP(=O)([O-])OP(=O)([O-])OCC1OC(n2cnc3c(N)ncnc32)C(O)C1OP(=O)([O-])O)C(O)C(=O)NCCC(=O)NCCSC(=O)CCCC(=O)O.[Li+].[Li+].[Li+]. The van der Waals surface area contributed by atoms with Gasteiger partial charge in [-0.2, -0.15) is 0 Å². The molecule has 0 saturated carbocycles. The van der Waals surface area contributed by atoms with Gasteiger partial charge in [0.2, 0.25) is 11.8 Å². The number of aliphatic carboxylic acids is 1. The van der Waals surface area contributed by atoms with Crippen LogP contribution in [0.4, 0.5) is 5.82 Å². The number of nitrogens with one attached hydrogen (secondary N) is 2. The number of hydrogen-bond donors (Lipinski definition) is 7. The van der Waals surface area contributed by atoms with E-state index in [0.29, 0.717) is 0 Å². The molecule has 0 aliphatic carbocycles. The van der Waals surface area contributed by atoms with Crippen molar-refractivity contribution in [1.82, 2.24) is 30.2 Å². The zero-order valence-corrected chi connectivity index (χ0v) is 35.9. The van der Waals surface area contributed by atoms with E-state index >= 15 is 0 Å². The van der Waals surface area contributed by atoms with Crippen molar-refractivity contribution in [1.29, 1.82) is 0 Å². The summed E-state index contributed by atoms with van der Waals surface area (Å²) in [5.74, 6) is -2.43. The van der Waals surface area contributed by atoms with Gasteiger partial charge < -0.3 is 69.6 Å². The first-order valence-corrected chi connectivity index (χ1v) is 21.5. The van der Waals surface area contributed by atoms with Crippen LogP contribution in [-0.2, 0) is 55.5 Å². The van der Waals surface area contributed by atoms with Crippen LogP contribution in [0.3, 0.4) is 0 Å². The molecule has 316 valence electrons. The van der Waals surface area contributed by atoms with Crippen molar-refractivity contribution >= 4 is 75.1 Å². The number of nitrogen functional groups attached to an aromatic ring is 1. The van der Waals surface area contributed by atoms with Crippen LogP contribution in [-0.4, -0.2) is 119 Å². The zero-order chi connectivity index (χ0) is 42.1. The Morgan fingerprint density at radius 1 is 1.02 bits per heavy atom. The number of carbonyl (C=O) groups excluding carboxylic acids is 3. The van der Waals surface area contributed by atoms with Crippen molar-refractivity contribution in [2.75, 3.05) is 37.8 Å². The van der Waals surface area contributed by atoms with Gasteiger partial charge in [0.05, 0.1) is 19.5 Å². The molecule has 3 rings (SSSR count). The van der Waals surface area contributed by atoms with Crippen LogP contribution in [0.15, 0.2) is 12.7 Å². The van der Waals surface area contributed by atoms with Crippen LogP contribution >= 0.6 is 35.2 Å². The monoisotopic (exact) mass is 899 g/mol. The predicted octanol–water partition coefficient (Wildman–Crippen LogP) is -12.0. The molecule has 1 aliphatic heterocycles. The Morgan fingerprint density at radius 2 is 1.66 bits per heavy atom. The maximum absolute atomic E-state index is 12.5. The summed E-state index contributed by atoms with van der Waals surface area (Å²) < 4.78 is 60.7. The number of carbonyl (C=O) groups is 4. The summed E-state index contributed by atoms with van der Waals surface area (Å²) in [5, 5.41) is 34.4. The number of carboxylic acid groups (broad SMARTS) is 1. The number of thioether (sulfide) groups is 1. The van der Waals surface area contributed by atoms with Crippen LogP contribution in [0.5, 0.6) is 0 Å². The number of imidazole rings is 1. The van der Waals surface area contributed by atoms with E-state index in [1.54, 1.807) is 0 Å². The molecule has 2 aromatic rings. The van der Waals surface area contributed by atoms with Crippen molar-refractivity contribution in [2.45, 2.75) is 70.2 Å². The summed E-state index contributed by atoms with van der Waals surface area (Å²) in [6.07, 6.45) is -7.41. The third-order valence-electron chi connectivity index (χ3n) is 7.52. The fraction of sp³-hybridized carbons (Fsp3) is 0.654. The topological polar surface area (TPSA) is 409 Å². The Bertz CT molecular complexity index is 1880. The van der Waals surface area contributed by atoms with Gasteiger partial charge in [0.25, 0.3) is 23.5 Å². The molecule has 0 aromatic carbocycles. The van der Waals surface area contributed by atoms with Gasteiger partial charge in [0.1, 0.15) is 36.3 Å². The van der Waals surface area contributed by atoms with Gasteiger partial charge in [0.15, 0.2) is 22.8 Å². The van der Waals surface area contributed by atoms with E-state index in [0.717, 1.165) is 29.0 Å². The molecule has 0 spiro atoms. The van der Waals surface area contributed by atoms with Gasteiger partial charge in [-0.1, -0.05) is 25.6 Å². The number of ether oxygens (including phenoxy) is 1. The second kappa shape index (κ2) is 25.2. The van der Waals surface area contributed by atoms with Crippen molar-refractivity contribution in [3.8, 4) is 0 Å². The molecule has 0 bridgehead atoms. The number of fused-ring (bicyclic) bond motifs is 1. The van der Waals surface area contributed by atoms with Crippen molar-refractivity contribution in [3.05, 3.63) is 12.7 Å². The van der Waals surface area contributed by atoms with Gasteiger partial charge in [-0.3, -0.25) is 37.4 Å². The van der Waals surface area contributed by atoms with Gasteiger partial charge in [-0.25, -0.2) is 19.3 Å². The van der Waals surface area contributed by atoms with Crippen LogP contribution in [0, 0.1) is 5.41 Å². The number of rotatable bonds is 23. The summed E-state index contributed by atoms with van der Waals surface area (Å²) in [6, 6.07) is 0. The molecule has 8 atom stereocenters. The van der Waals surface area contributed by atoms with Crippen molar-refractivity contribution in [3.63, 3.8) is 0 Å². The normalized spacial score (nSPS) is 21.3. The van der Waals surface area contributed by atoms with E-state index in [9.17, 15) is 62.7 Å². The van der Waals surface area contributed by atoms with Crippen molar-refractivity contribution < 1.29 is 147 Å². The van der Waals surface area contributed by atoms with E-state index in [-0.39, 0.29) is 123 Å². The van der Waals surface area contributed by atoms with E-state index in [1.807, 2.05) is 0 Å². The van der Waals surface area contributed by atoms with Crippen LogP contribution in [0.25, 0.3) is 11.2 Å². The molecule has 8 unspecified atom stereocenters. The minimum absolute atomic E-state index is 0. The maximum Gasteiger partial charge on any atom is 1.00 e. The third kappa shape index (κ3) is 19.0. The Balaban J connectivity index is 0.0000112. The first kappa shape index (κ1) is 57.8. The number of carboxylic acids is 1. The molecule has 1 fully saturated rings. The number of phosphoric ester groups is 3. The first-order chi connectivity index (χ1) is 25.9. The largest absolute Gasteiger partial charge is 1.00 e. The number of aliphatic hydroxyl groups excluding tert-OH is 2. The molecule has 1 saturated heterocycles. The molecular weight excluding hydrogens is 860 g/mol. The second-order valence-corrected chi connectivity index (χ2v) is 17.7. The smallest absolute Gasteiger partial charge is 0.756 e. The number of nitrogens with two attached hydrogens (primary N) is 1. The number of aromatic nitrogens is 4. The number of phosphoric acid groups is 3. The van der Waals surface area contributed by atoms with E-state index in [1.165, 1.54) is 13.8 Å². The standard InChI is InChI=1S/C26H42N7O19P3S.3Li/c1-26(2,21(39)24(40)29-7-6-15(34)28-8-9-56-17(37)5-3-4-16(35)36)11-49-55(46,47)52-54(44,45)48-10-14-20(51-53(41,42)43)19(38)25(50-14)33-13-32-18-22(27)30-12-31-23(18)33;;;/h12-14,19-21,25,38-39H,3-11H2,1-2H3,(H,28,34)(H,29,40)(H,35,36)(H,44,45)(H,46,47)(H2,27,30,31)(H2,41,42,43);;;/q;3*+1/p-3. The molecule has 33 heteroatoms. The molecule has 59 heavy (non-hydrogen) atoms. The van der Waals surface area contributed by atoms with Crippen LogP contribution in [0.1, 0.15) is 45.8 Å². The minimum Gasteiger partial charge on any atom is -0.756 e. The second-order valence-electron chi connectivity index (χ2n) is 12.5. The van der Waals surface area contributed by atoms with Gasteiger partial charge >= 0.3 is 62.6 Å². The van der Waals surface area contributed by atoms with E-state index in [2.05, 4.69) is 43.5 Å². The van der Waals surface area contributed by atoms with E-state index < -0.39 is 90.5 Å². The summed E-state index contributed by atoms with van der Waals surface area (Å²) >= 11 is 0.919. The number of amides is 2. The van der Waals surface area contributed by atoms with Crippen LogP contribution < -0.4 is 87.6 Å². The summed E-state index contributed by atoms with van der Waals surface area (Å²) in [4.78, 5) is 104. The molecule has 1 aliphatic rings. The van der Waals surface area contributed by atoms with Crippen LogP contribution in [0.2, 0.25) is 0 Å². The maximum atomic E-state index is 12.5. The number of nitrogens with zero attached hydrogens (tertiary/aromatic N) is 4. The molecule has 2 amide bonds. The molecule has 0 radical (unpaired) electrons. The average Bonchev–Trinajstić information content (AvgIpc) is 3.64. The Hall–Kier alpha value is -1.18. The number of hydrogen-bond acceptors (Lipinski definition) is 22. The quantitative estimate of drug-likeness (QED) is 0.0309. The molecule has 8 N–H and O–H groups in total. The van der Waals surface area contributed by atoms with E-state index in [4.69, 9.17) is 15.6 Å². The first-order valence-electron chi connectivity index (χ1n) is 16.1. The predicted molar refractivity (Wildman–Crippen MR) is 182 cm³/mol. The average molecular weight is 899 g/mol. The fourth-order valence-corrected chi connectivity index (χ4v) is 8.20. The van der Waals surface area contributed by atoms with Gasteiger partial charge in [-0.15, -0.1) is 0 Å². The number of anilines is 1. The summed E-state index contributed by atoms with van der Waals surface area (Å²) in [5.41, 5.74) is 4.06. The molecular formula is C26H39Li3N7O19P3S. The Labute approximate surface area is 376 Å². The van der Waals surface area contributed by atoms with Crippen molar-refractivity contribution in [2.24, 2.45) is 5.41 Å². The molecule has 26 nitrogen and oxygen atoms in total.